The SMILES string of the molecule is Nc1c(Br)nnc2ccccc12. The van der Waals surface area contributed by atoms with Gasteiger partial charge in [0.1, 0.15) is 0 Å². The molecule has 0 saturated carbocycles. The number of nitrogens with two attached hydrogens (primary N) is 1. The summed E-state index contributed by atoms with van der Waals surface area (Å²) in [7, 11) is 0. The summed E-state index contributed by atoms with van der Waals surface area (Å²) in [6.07, 6.45) is 0. The van der Waals surface area contributed by atoms with Crippen molar-refractivity contribution in [2.45, 2.75) is 0 Å². The smallest absolute Gasteiger partial charge is 0.152 e. The van der Waals surface area contributed by atoms with Gasteiger partial charge >= 0.3 is 0 Å². The fraction of sp³-hybridized carbons (Fsp3) is 0. The molecule has 2 N–H and O–H groups in total. The van der Waals surface area contributed by atoms with E-state index < -0.39 is 0 Å². The third kappa shape index (κ3) is 1.04. The summed E-state index contributed by atoms with van der Waals surface area (Å²) in [6, 6.07) is 7.63. The molecule has 1 aromatic carbocycles. The number of halogens is 1. The first-order valence-corrected chi connectivity index (χ1v) is 4.25. The lowest BCUT2D eigenvalue weighted by molar-refractivity contribution is 1.05. The second kappa shape index (κ2) is 2.71. The molecule has 60 valence electrons. The van der Waals surface area contributed by atoms with E-state index in [2.05, 4.69) is 26.1 Å². The van der Waals surface area contributed by atoms with Crippen molar-refractivity contribution in [2.24, 2.45) is 0 Å². The van der Waals surface area contributed by atoms with Crippen LogP contribution in [0.1, 0.15) is 0 Å². The molecule has 12 heavy (non-hydrogen) atoms. The number of nitrogens with zero attached hydrogens (tertiary/aromatic N) is 2. The van der Waals surface area contributed by atoms with E-state index in [1.165, 1.54) is 0 Å². The Kier molecular flexibility index (Phi) is 1.69. The van der Waals surface area contributed by atoms with Crippen molar-refractivity contribution in [1.29, 1.82) is 0 Å². The predicted molar refractivity (Wildman–Crippen MR) is 51.7 cm³/mol. The highest BCUT2D eigenvalue weighted by atomic mass is 79.9. The molecule has 0 bridgehead atoms. The second-order valence-corrected chi connectivity index (χ2v) is 3.17. The van der Waals surface area contributed by atoms with Gasteiger partial charge in [-0.3, -0.25) is 0 Å². The maximum absolute atomic E-state index is 5.77. The molecule has 0 aliphatic rings. The quantitative estimate of drug-likeness (QED) is 0.744. The number of rotatable bonds is 0. The van der Waals surface area contributed by atoms with Crippen molar-refractivity contribution in [2.75, 3.05) is 5.73 Å². The summed E-state index contributed by atoms with van der Waals surface area (Å²) in [5.41, 5.74) is 7.23. The number of anilines is 1. The lowest BCUT2D eigenvalue weighted by atomic mass is 10.2. The highest BCUT2D eigenvalue weighted by Crippen LogP contribution is 2.23. The molecule has 2 aromatic rings. The number of nitrogen functional groups attached to an aromatic ring is 1. The predicted octanol–water partition coefficient (Wildman–Crippen LogP) is 1.97. The Morgan fingerprint density at radius 1 is 1.17 bits per heavy atom. The van der Waals surface area contributed by atoms with E-state index in [-0.39, 0.29) is 0 Å². The number of hydrogen-bond donors (Lipinski definition) is 1. The zero-order valence-electron chi connectivity index (χ0n) is 6.16. The minimum Gasteiger partial charge on any atom is -0.396 e. The van der Waals surface area contributed by atoms with Gasteiger partial charge in [-0.25, -0.2) is 0 Å². The van der Waals surface area contributed by atoms with E-state index >= 15 is 0 Å². The summed E-state index contributed by atoms with van der Waals surface area (Å²) >= 11 is 3.22. The first-order valence-electron chi connectivity index (χ1n) is 3.45. The molecule has 3 nitrogen and oxygen atoms in total. The Morgan fingerprint density at radius 2 is 1.92 bits per heavy atom. The molecule has 0 aliphatic carbocycles. The number of aromatic nitrogens is 2. The van der Waals surface area contributed by atoms with E-state index in [4.69, 9.17) is 5.73 Å². The standard InChI is InChI=1S/C8H6BrN3/c9-8-7(10)5-3-1-2-4-6(5)11-12-8/h1-4H,(H2,10,11). The summed E-state index contributed by atoms with van der Waals surface area (Å²) in [5, 5.41) is 8.74. The monoisotopic (exact) mass is 223 g/mol. The summed E-state index contributed by atoms with van der Waals surface area (Å²) in [4.78, 5) is 0. The van der Waals surface area contributed by atoms with Crippen molar-refractivity contribution < 1.29 is 0 Å². The molecule has 0 unspecified atom stereocenters. The maximum atomic E-state index is 5.77. The average Bonchev–Trinajstić information content (AvgIpc) is 2.12. The zero-order valence-corrected chi connectivity index (χ0v) is 7.75. The van der Waals surface area contributed by atoms with Crippen molar-refractivity contribution in [3.8, 4) is 0 Å². The number of fused-ring (bicyclic) bond motifs is 1. The molecule has 0 amide bonds. The molecule has 2 rings (SSSR count). The van der Waals surface area contributed by atoms with Crippen LogP contribution in [0.15, 0.2) is 28.9 Å². The molecule has 0 atom stereocenters. The lowest BCUT2D eigenvalue weighted by Crippen LogP contribution is -1.93. The van der Waals surface area contributed by atoms with Crippen molar-refractivity contribution in [3.63, 3.8) is 0 Å². The van der Waals surface area contributed by atoms with Gasteiger partial charge in [-0.15, -0.1) is 10.2 Å². The van der Waals surface area contributed by atoms with Gasteiger partial charge in [0.15, 0.2) is 4.60 Å². The van der Waals surface area contributed by atoms with Gasteiger partial charge in [-0.05, 0) is 22.0 Å². The van der Waals surface area contributed by atoms with Crippen LogP contribution in [0.5, 0.6) is 0 Å². The van der Waals surface area contributed by atoms with Gasteiger partial charge in [-0.1, -0.05) is 18.2 Å². The van der Waals surface area contributed by atoms with Crippen molar-refractivity contribution in [1.82, 2.24) is 10.2 Å². The molecule has 1 aromatic heterocycles. The van der Waals surface area contributed by atoms with Crippen LogP contribution in [0.2, 0.25) is 0 Å². The van der Waals surface area contributed by atoms with Crippen LogP contribution in [0.25, 0.3) is 10.9 Å². The van der Waals surface area contributed by atoms with Gasteiger partial charge < -0.3 is 5.73 Å². The Morgan fingerprint density at radius 3 is 2.75 bits per heavy atom. The maximum Gasteiger partial charge on any atom is 0.152 e. The fourth-order valence-electron chi connectivity index (χ4n) is 1.05. The van der Waals surface area contributed by atoms with Crippen LogP contribution >= 0.6 is 15.9 Å². The highest BCUT2D eigenvalue weighted by Gasteiger charge is 2.02. The molecule has 0 radical (unpaired) electrons. The Balaban J connectivity index is 2.91. The molecule has 0 spiro atoms. The number of benzene rings is 1. The second-order valence-electron chi connectivity index (χ2n) is 2.42. The third-order valence-electron chi connectivity index (χ3n) is 1.66. The zero-order chi connectivity index (χ0) is 8.55. The molecule has 4 heteroatoms. The van der Waals surface area contributed by atoms with E-state index in [1.54, 1.807) is 0 Å². The lowest BCUT2D eigenvalue weighted by Gasteiger charge is -2.00. The van der Waals surface area contributed by atoms with E-state index in [0.29, 0.717) is 10.3 Å². The first kappa shape index (κ1) is 7.49. The molecule has 0 aliphatic heterocycles. The van der Waals surface area contributed by atoms with Gasteiger partial charge in [-0.2, -0.15) is 0 Å². The molecule has 1 heterocycles. The van der Waals surface area contributed by atoms with Gasteiger partial charge in [0.05, 0.1) is 11.2 Å². The summed E-state index contributed by atoms with van der Waals surface area (Å²) in [5.74, 6) is 0. The molecule has 0 fully saturated rings. The Hall–Kier alpha value is -1.16. The van der Waals surface area contributed by atoms with Crippen molar-refractivity contribution in [3.05, 3.63) is 28.9 Å². The van der Waals surface area contributed by atoms with E-state index in [1.807, 2.05) is 24.3 Å². The first-order chi connectivity index (χ1) is 5.79. The third-order valence-corrected chi connectivity index (χ3v) is 2.25. The summed E-state index contributed by atoms with van der Waals surface area (Å²) < 4.78 is 0.598. The minimum absolute atomic E-state index is 0.598. The van der Waals surface area contributed by atoms with E-state index in [0.717, 1.165) is 10.9 Å². The largest absolute Gasteiger partial charge is 0.396 e. The Bertz CT molecular complexity index is 428. The minimum atomic E-state index is 0.598. The molecular weight excluding hydrogens is 218 g/mol. The Labute approximate surface area is 77.7 Å². The highest BCUT2D eigenvalue weighted by molar-refractivity contribution is 9.10. The molecular formula is C8H6BrN3. The van der Waals surface area contributed by atoms with Crippen LogP contribution in [0.4, 0.5) is 5.69 Å². The topological polar surface area (TPSA) is 51.8 Å². The van der Waals surface area contributed by atoms with Crippen LogP contribution < -0.4 is 5.73 Å². The summed E-state index contributed by atoms with van der Waals surface area (Å²) in [6.45, 7) is 0. The van der Waals surface area contributed by atoms with Crippen LogP contribution in [0, 0.1) is 0 Å². The van der Waals surface area contributed by atoms with E-state index in [9.17, 15) is 0 Å². The van der Waals surface area contributed by atoms with Crippen LogP contribution in [-0.2, 0) is 0 Å². The van der Waals surface area contributed by atoms with Gasteiger partial charge in [0, 0.05) is 5.39 Å². The average molecular weight is 224 g/mol. The van der Waals surface area contributed by atoms with Crippen molar-refractivity contribution >= 4 is 32.5 Å². The van der Waals surface area contributed by atoms with Crippen LogP contribution in [-0.4, -0.2) is 10.2 Å². The molecule has 0 saturated heterocycles. The van der Waals surface area contributed by atoms with Gasteiger partial charge in [0.25, 0.3) is 0 Å². The van der Waals surface area contributed by atoms with Gasteiger partial charge in [0.2, 0.25) is 0 Å². The number of hydrogen-bond acceptors (Lipinski definition) is 3. The normalized spacial score (nSPS) is 10.4. The van der Waals surface area contributed by atoms with Crippen LogP contribution in [0.3, 0.4) is 0 Å². The fourth-order valence-corrected chi connectivity index (χ4v) is 1.34.